The molecule has 150 valence electrons. The van der Waals surface area contributed by atoms with Crippen molar-refractivity contribution < 1.29 is 23.8 Å². The third-order valence-corrected chi connectivity index (χ3v) is 4.55. The molecule has 1 atom stereocenters. The standard InChI is InChI=1S/C19H22FN3O4S/c20-13-4-3-5-15(10-13)27-12-14(24)11-22-19(26)23-16-6-1-2-7-17(16)28-9-8-18(21)25/h1-7,10,14,24H,8-9,11-12H2,(H2,21,25)(H2,22,23,26). The average Bonchev–Trinajstić information content (AvgIpc) is 2.66. The van der Waals surface area contributed by atoms with Gasteiger partial charge in [-0.3, -0.25) is 4.79 Å². The molecule has 2 rings (SSSR count). The quantitative estimate of drug-likeness (QED) is 0.452. The summed E-state index contributed by atoms with van der Waals surface area (Å²) in [5.41, 5.74) is 5.71. The number of carbonyl (C=O) groups is 2. The van der Waals surface area contributed by atoms with Crippen molar-refractivity contribution in [2.75, 3.05) is 24.2 Å². The molecule has 28 heavy (non-hydrogen) atoms. The van der Waals surface area contributed by atoms with Gasteiger partial charge < -0.3 is 26.2 Å². The highest BCUT2D eigenvalue weighted by Gasteiger charge is 2.11. The zero-order valence-corrected chi connectivity index (χ0v) is 15.9. The summed E-state index contributed by atoms with van der Waals surface area (Å²) in [6.45, 7) is -0.137. The molecule has 2 aromatic carbocycles. The molecule has 0 fully saturated rings. The number of nitrogens with two attached hydrogens (primary N) is 1. The van der Waals surface area contributed by atoms with Crippen LogP contribution >= 0.6 is 11.8 Å². The number of aliphatic hydroxyl groups is 1. The molecule has 0 aliphatic rings. The third-order valence-electron chi connectivity index (χ3n) is 3.48. The number of thioether (sulfide) groups is 1. The summed E-state index contributed by atoms with van der Waals surface area (Å²) in [6.07, 6.45) is -0.725. The lowest BCUT2D eigenvalue weighted by Crippen LogP contribution is -2.37. The van der Waals surface area contributed by atoms with Gasteiger partial charge in [0.05, 0.1) is 5.69 Å². The first-order valence-corrected chi connectivity index (χ1v) is 9.54. The summed E-state index contributed by atoms with van der Waals surface area (Å²) in [5.74, 6) is -0.0152. The van der Waals surface area contributed by atoms with Crippen molar-refractivity contribution in [1.29, 1.82) is 0 Å². The molecule has 0 heterocycles. The number of ether oxygens (including phenoxy) is 1. The largest absolute Gasteiger partial charge is 0.491 e. The minimum absolute atomic E-state index is 0.0435. The highest BCUT2D eigenvalue weighted by molar-refractivity contribution is 7.99. The highest BCUT2D eigenvalue weighted by atomic mass is 32.2. The van der Waals surface area contributed by atoms with Gasteiger partial charge in [0, 0.05) is 29.7 Å². The van der Waals surface area contributed by atoms with Gasteiger partial charge in [-0.1, -0.05) is 18.2 Å². The van der Waals surface area contributed by atoms with E-state index in [1.807, 2.05) is 12.1 Å². The molecule has 7 nitrogen and oxygen atoms in total. The van der Waals surface area contributed by atoms with E-state index in [1.165, 1.54) is 30.0 Å². The van der Waals surface area contributed by atoms with Crippen molar-refractivity contribution in [3.63, 3.8) is 0 Å². The van der Waals surface area contributed by atoms with Gasteiger partial charge in [-0.15, -0.1) is 11.8 Å². The Morgan fingerprint density at radius 2 is 2.00 bits per heavy atom. The van der Waals surface area contributed by atoms with Crippen LogP contribution in [0.1, 0.15) is 6.42 Å². The minimum atomic E-state index is -0.964. The van der Waals surface area contributed by atoms with Crippen LogP contribution in [0.2, 0.25) is 0 Å². The van der Waals surface area contributed by atoms with Gasteiger partial charge in [-0.2, -0.15) is 0 Å². The fourth-order valence-electron chi connectivity index (χ4n) is 2.14. The Bertz CT molecular complexity index is 806. The Morgan fingerprint density at radius 3 is 2.75 bits per heavy atom. The van der Waals surface area contributed by atoms with Gasteiger partial charge >= 0.3 is 6.03 Å². The van der Waals surface area contributed by atoms with E-state index in [-0.39, 0.29) is 25.5 Å². The monoisotopic (exact) mass is 407 g/mol. The Hall–Kier alpha value is -2.78. The van der Waals surface area contributed by atoms with E-state index >= 15 is 0 Å². The maximum Gasteiger partial charge on any atom is 0.319 e. The number of carbonyl (C=O) groups excluding carboxylic acids is 2. The predicted octanol–water partition coefficient (Wildman–Crippen LogP) is 2.35. The molecule has 0 aliphatic carbocycles. The van der Waals surface area contributed by atoms with E-state index in [4.69, 9.17) is 10.5 Å². The number of anilines is 1. The second-order valence-corrected chi connectivity index (χ2v) is 6.95. The van der Waals surface area contributed by atoms with Crippen molar-refractivity contribution in [3.05, 3.63) is 54.3 Å². The summed E-state index contributed by atoms with van der Waals surface area (Å²) < 4.78 is 18.3. The number of rotatable bonds is 10. The van der Waals surface area contributed by atoms with Crippen LogP contribution in [0.15, 0.2) is 53.4 Å². The van der Waals surface area contributed by atoms with Crippen LogP contribution in [0.25, 0.3) is 0 Å². The molecule has 0 radical (unpaired) electrons. The first-order chi connectivity index (χ1) is 13.4. The van der Waals surface area contributed by atoms with Crippen molar-refractivity contribution in [1.82, 2.24) is 5.32 Å². The van der Waals surface area contributed by atoms with Crippen LogP contribution in [0.4, 0.5) is 14.9 Å². The number of hydrogen-bond acceptors (Lipinski definition) is 5. The van der Waals surface area contributed by atoms with Crippen molar-refractivity contribution in [2.24, 2.45) is 5.73 Å². The molecule has 9 heteroatoms. The van der Waals surface area contributed by atoms with Gasteiger partial charge in [0.25, 0.3) is 0 Å². The fourth-order valence-corrected chi connectivity index (χ4v) is 3.12. The lowest BCUT2D eigenvalue weighted by atomic mass is 10.3. The molecule has 0 spiro atoms. The number of halogens is 1. The highest BCUT2D eigenvalue weighted by Crippen LogP contribution is 2.27. The zero-order chi connectivity index (χ0) is 20.4. The van der Waals surface area contributed by atoms with E-state index in [0.29, 0.717) is 17.2 Å². The molecule has 0 saturated carbocycles. The molecule has 2 aromatic rings. The van der Waals surface area contributed by atoms with Crippen LogP contribution in [-0.2, 0) is 4.79 Å². The normalized spacial score (nSPS) is 11.5. The number of hydrogen-bond donors (Lipinski definition) is 4. The molecule has 0 aromatic heterocycles. The molecule has 1 unspecified atom stereocenters. The first-order valence-electron chi connectivity index (χ1n) is 8.55. The molecular weight excluding hydrogens is 385 g/mol. The second kappa shape index (κ2) is 11.2. The van der Waals surface area contributed by atoms with Gasteiger partial charge in [-0.25, -0.2) is 9.18 Å². The number of para-hydroxylation sites is 1. The van der Waals surface area contributed by atoms with E-state index in [1.54, 1.807) is 18.2 Å². The lowest BCUT2D eigenvalue weighted by Gasteiger charge is -2.15. The van der Waals surface area contributed by atoms with Gasteiger partial charge in [0.15, 0.2) is 0 Å². The number of primary amides is 1. The van der Waals surface area contributed by atoms with Crippen molar-refractivity contribution in [2.45, 2.75) is 17.4 Å². The molecular formula is C19H22FN3O4S. The Morgan fingerprint density at radius 1 is 1.21 bits per heavy atom. The Kier molecular flexibility index (Phi) is 8.57. The zero-order valence-electron chi connectivity index (χ0n) is 15.1. The SMILES string of the molecule is NC(=O)CCSc1ccccc1NC(=O)NCC(O)COc1cccc(F)c1. The molecule has 0 aliphatic heterocycles. The lowest BCUT2D eigenvalue weighted by molar-refractivity contribution is -0.117. The van der Waals surface area contributed by atoms with E-state index < -0.39 is 18.0 Å². The molecule has 5 N–H and O–H groups in total. The number of nitrogens with one attached hydrogen (secondary N) is 2. The second-order valence-electron chi connectivity index (χ2n) is 5.82. The summed E-state index contributed by atoms with van der Waals surface area (Å²) in [5, 5.41) is 15.1. The van der Waals surface area contributed by atoms with E-state index in [0.717, 1.165) is 4.90 Å². The Balaban J connectivity index is 1.76. The minimum Gasteiger partial charge on any atom is -0.491 e. The van der Waals surface area contributed by atoms with Crippen LogP contribution < -0.4 is 21.1 Å². The predicted molar refractivity (Wildman–Crippen MR) is 106 cm³/mol. The number of urea groups is 1. The van der Waals surface area contributed by atoms with Crippen LogP contribution in [0.3, 0.4) is 0 Å². The summed E-state index contributed by atoms with van der Waals surface area (Å²) >= 11 is 1.41. The first kappa shape index (κ1) is 21.5. The topological polar surface area (TPSA) is 114 Å². The number of amides is 3. The van der Waals surface area contributed by atoms with E-state index in [9.17, 15) is 19.1 Å². The van der Waals surface area contributed by atoms with Crippen LogP contribution in [-0.4, -0.2) is 42.1 Å². The Labute approximate surface area is 166 Å². The van der Waals surface area contributed by atoms with Gasteiger partial charge in [0.1, 0.15) is 24.3 Å². The smallest absolute Gasteiger partial charge is 0.319 e. The number of aliphatic hydroxyl groups excluding tert-OH is 1. The maximum absolute atomic E-state index is 13.1. The average molecular weight is 407 g/mol. The fraction of sp³-hybridized carbons (Fsp3) is 0.263. The molecule has 3 amide bonds. The van der Waals surface area contributed by atoms with E-state index in [2.05, 4.69) is 10.6 Å². The molecule has 0 bridgehead atoms. The van der Waals surface area contributed by atoms with Crippen LogP contribution in [0, 0.1) is 5.82 Å². The van der Waals surface area contributed by atoms with Crippen LogP contribution in [0.5, 0.6) is 5.75 Å². The molecule has 0 saturated heterocycles. The number of benzene rings is 2. The maximum atomic E-state index is 13.1. The van der Waals surface area contributed by atoms with Gasteiger partial charge in [0.2, 0.25) is 5.91 Å². The van der Waals surface area contributed by atoms with Crippen molar-refractivity contribution >= 4 is 29.4 Å². The summed E-state index contributed by atoms with van der Waals surface area (Å²) in [6, 6.07) is 12.2. The van der Waals surface area contributed by atoms with Crippen molar-refractivity contribution in [3.8, 4) is 5.75 Å². The summed E-state index contributed by atoms with van der Waals surface area (Å²) in [7, 11) is 0. The van der Waals surface area contributed by atoms with Gasteiger partial charge in [-0.05, 0) is 24.3 Å². The summed E-state index contributed by atoms with van der Waals surface area (Å²) in [4.78, 5) is 23.7. The third kappa shape index (κ3) is 7.85.